The molecule has 4 nitrogen and oxygen atoms in total. The van der Waals surface area contributed by atoms with Crippen LogP contribution in [0.2, 0.25) is 5.02 Å². The first-order chi connectivity index (χ1) is 10.7. The van der Waals surface area contributed by atoms with Crippen molar-refractivity contribution in [1.82, 2.24) is 10.6 Å². The molecule has 0 aliphatic heterocycles. The molecule has 2 amide bonds. The van der Waals surface area contributed by atoms with E-state index in [4.69, 9.17) is 16.3 Å². The first-order valence-electron chi connectivity index (χ1n) is 6.77. The van der Waals surface area contributed by atoms with Crippen molar-refractivity contribution in [3.63, 3.8) is 0 Å². The molecule has 0 fully saturated rings. The van der Waals surface area contributed by atoms with E-state index in [0.717, 1.165) is 16.9 Å². The van der Waals surface area contributed by atoms with Gasteiger partial charge in [-0.25, -0.2) is 4.79 Å². The molecule has 2 N–H and O–H groups in total. The first-order valence-corrected chi connectivity index (χ1v) is 7.14. The van der Waals surface area contributed by atoms with E-state index in [1.165, 1.54) is 0 Å². The van der Waals surface area contributed by atoms with Crippen LogP contribution >= 0.6 is 11.6 Å². The molecule has 22 heavy (non-hydrogen) atoms. The van der Waals surface area contributed by atoms with Crippen molar-refractivity contribution in [2.24, 2.45) is 0 Å². The van der Waals surface area contributed by atoms with Crippen LogP contribution in [0.3, 0.4) is 0 Å². The number of hydrogen-bond donors (Lipinski definition) is 2. The van der Waals surface area contributed by atoms with E-state index in [9.17, 15) is 4.79 Å². The number of hydrogen-bond acceptors (Lipinski definition) is 2. The molecule has 0 bridgehead atoms. The molecule has 2 aromatic rings. The number of amides is 2. The van der Waals surface area contributed by atoms with Crippen molar-refractivity contribution in [3.05, 3.63) is 70.9 Å². The summed E-state index contributed by atoms with van der Waals surface area (Å²) in [6.07, 6.45) is 3.38. The Labute approximate surface area is 134 Å². The Morgan fingerprint density at radius 1 is 1.23 bits per heavy atom. The smallest absolute Gasteiger partial charge is 0.319 e. The van der Waals surface area contributed by atoms with Gasteiger partial charge in [0, 0.05) is 17.8 Å². The topological polar surface area (TPSA) is 50.4 Å². The van der Waals surface area contributed by atoms with Crippen molar-refractivity contribution >= 4 is 23.7 Å². The molecule has 2 aromatic carbocycles. The van der Waals surface area contributed by atoms with Gasteiger partial charge >= 0.3 is 6.03 Å². The molecule has 0 saturated carbocycles. The van der Waals surface area contributed by atoms with Crippen molar-refractivity contribution < 1.29 is 9.53 Å². The number of halogens is 1. The minimum absolute atomic E-state index is 0.279. The normalized spacial score (nSPS) is 10.5. The van der Waals surface area contributed by atoms with Crippen LogP contribution in [0.25, 0.3) is 6.08 Å². The van der Waals surface area contributed by atoms with Crippen molar-refractivity contribution in [3.8, 4) is 5.75 Å². The van der Waals surface area contributed by atoms with Crippen LogP contribution in [0.15, 0.2) is 54.7 Å². The number of urea groups is 1. The second-order valence-corrected chi connectivity index (χ2v) is 5.00. The Morgan fingerprint density at radius 3 is 2.82 bits per heavy atom. The number of benzene rings is 2. The van der Waals surface area contributed by atoms with Gasteiger partial charge in [-0.2, -0.15) is 0 Å². The van der Waals surface area contributed by atoms with Gasteiger partial charge in [-0.05, 0) is 41.5 Å². The maximum Gasteiger partial charge on any atom is 0.319 e. The zero-order chi connectivity index (χ0) is 15.8. The standard InChI is InChI=1S/C17H17ClN2O2/c1-22-16-7-3-4-13(11-16)8-9-19-17(21)20-12-14-5-2-6-15(18)10-14/h2-11H,12H2,1H3,(H2,19,20,21)/b9-8+. The predicted molar refractivity (Wildman–Crippen MR) is 88.9 cm³/mol. The van der Waals surface area contributed by atoms with Crippen molar-refractivity contribution in [1.29, 1.82) is 0 Å². The van der Waals surface area contributed by atoms with Gasteiger partial charge in [-0.15, -0.1) is 0 Å². The third-order valence-corrected chi connectivity index (χ3v) is 3.16. The molecule has 5 heteroatoms. The van der Waals surface area contributed by atoms with E-state index in [2.05, 4.69) is 10.6 Å². The van der Waals surface area contributed by atoms with E-state index in [1.54, 1.807) is 25.5 Å². The number of carbonyl (C=O) groups excluding carboxylic acids is 1. The molecule has 0 heterocycles. The Balaban J connectivity index is 1.81. The largest absolute Gasteiger partial charge is 0.497 e. The minimum Gasteiger partial charge on any atom is -0.497 e. The van der Waals surface area contributed by atoms with E-state index in [1.807, 2.05) is 42.5 Å². The molecular formula is C17H17ClN2O2. The maximum absolute atomic E-state index is 11.7. The highest BCUT2D eigenvalue weighted by Crippen LogP contribution is 2.13. The lowest BCUT2D eigenvalue weighted by molar-refractivity contribution is 0.244. The highest BCUT2D eigenvalue weighted by atomic mass is 35.5. The fourth-order valence-corrected chi connectivity index (χ4v) is 2.05. The lowest BCUT2D eigenvalue weighted by Crippen LogP contribution is -2.31. The van der Waals surface area contributed by atoms with Crippen LogP contribution in [-0.4, -0.2) is 13.1 Å². The third kappa shape index (κ3) is 5.14. The molecule has 0 aliphatic carbocycles. The van der Waals surface area contributed by atoms with Crippen molar-refractivity contribution in [2.45, 2.75) is 6.54 Å². The SMILES string of the molecule is COc1cccc(/C=C/NC(=O)NCc2cccc(Cl)c2)c1. The quantitative estimate of drug-likeness (QED) is 0.881. The predicted octanol–water partition coefficient (Wildman–Crippen LogP) is 3.82. The summed E-state index contributed by atoms with van der Waals surface area (Å²) in [6.45, 7) is 0.416. The molecule has 2 rings (SSSR count). The number of rotatable bonds is 5. The number of methoxy groups -OCH3 is 1. The van der Waals surface area contributed by atoms with Gasteiger partial charge in [0.15, 0.2) is 0 Å². The van der Waals surface area contributed by atoms with E-state index in [-0.39, 0.29) is 6.03 Å². The van der Waals surface area contributed by atoms with Crippen LogP contribution < -0.4 is 15.4 Å². The van der Waals surface area contributed by atoms with Gasteiger partial charge in [-0.3, -0.25) is 0 Å². The van der Waals surface area contributed by atoms with Crippen LogP contribution in [0.5, 0.6) is 5.75 Å². The monoisotopic (exact) mass is 316 g/mol. The second-order valence-electron chi connectivity index (χ2n) is 4.57. The first kappa shape index (κ1) is 15.9. The summed E-state index contributed by atoms with van der Waals surface area (Å²) in [5, 5.41) is 6.05. The maximum atomic E-state index is 11.7. The second kappa shape index (κ2) is 8.10. The molecule has 0 saturated heterocycles. The average molecular weight is 317 g/mol. The van der Waals surface area contributed by atoms with E-state index >= 15 is 0 Å². The fraction of sp³-hybridized carbons (Fsp3) is 0.118. The van der Waals surface area contributed by atoms with Crippen LogP contribution in [0.1, 0.15) is 11.1 Å². The van der Waals surface area contributed by atoms with Gasteiger partial charge in [0.1, 0.15) is 5.75 Å². The number of carbonyl (C=O) groups is 1. The molecule has 0 radical (unpaired) electrons. The van der Waals surface area contributed by atoms with Gasteiger partial charge in [0.25, 0.3) is 0 Å². The zero-order valence-electron chi connectivity index (χ0n) is 12.2. The van der Waals surface area contributed by atoms with Crippen LogP contribution in [0, 0.1) is 0 Å². The van der Waals surface area contributed by atoms with E-state index < -0.39 is 0 Å². The molecule has 0 atom stereocenters. The summed E-state index contributed by atoms with van der Waals surface area (Å²) in [6, 6.07) is 14.6. The summed E-state index contributed by atoms with van der Waals surface area (Å²) in [5.41, 5.74) is 1.88. The van der Waals surface area contributed by atoms with Gasteiger partial charge < -0.3 is 15.4 Å². The zero-order valence-corrected chi connectivity index (χ0v) is 12.9. The lowest BCUT2D eigenvalue weighted by atomic mass is 10.2. The van der Waals surface area contributed by atoms with Gasteiger partial charge in [0.2, 0.25) is 0 Å². The third-order valence-electron chi connectivity index (χ3n) is 2.93. The summed E-state index contributed by atoms with van der Waals surface area (Å²) in [4.78, 5) is 11.7. The van der Waals surface area contributed by atoms with Crippen molar-refractivity contribution in [2.75, 3.05) is 7.11 Å². The molecular weight excluding hydrogens is 300 g/mol. The molecule has 0 unspecified atom stereocenters. The average Bonchev–Trinajstić information content (AvgIpc) is 2.53. The summed E-state index contributed by atoms with van der Waals surface area (Å²) >= 11 is 5.89. The number of ether oxygens (including phenoxy) is 1. The molecule has 114 valence electrons. The molecule has 0 spiro atoms. The Hall–Kier alpha value is -2.46. The highest BCUT2D eigenvalue weighted by molar-refractivity contribution is 6.30. The van der Waals surface area contributed by atoms with Gasteiger partial charge in [-0.1, -0.05) is 35.9 Å². The highest BCUT2D eigenvalue weighted by Gasteiger charge is 1.98. The number of nitrogens with one attached hydrogen (secondary N) is 2. The fourth-order valence-electron chi connectivity index (χ4n) is 1.84. The molecule has 0 aliphatic rings. The van der Waals surface area contributed by atoms with Crippen LogP contribution in [-0.2, 0) is 6.54 Å². The summed E-state index contributed by atoms with van der Waals surface area (Å²) < 4.78 is 5.14. The summed E-state index contributed by atoms with van der Waals surface area (Å²) in [7, 11) is 1.62. The summed E-state index contributed by atoms with van der Waals surface area (Å²) in [5.74, 6) is 0.771. The molecule has 0 aromatic heterocycles. The lowest BCUT2D eigenvalue weighted by Gasteiger charge is -2.05. The Bertz CT molecular complexity index is 671. The van der Waals surface area contributed by atoms with Crippen LogP contribution in [0.4, 0.5) is 4.79 Å². The van der Waals surface area contributed by atoms with E-state index in [0.29, 0.717) is 11.6 Å². The van der Waals surface area contributed by atoms with Gasteiger partial charge in [0.05, 0.1) is 7.11 Å². The minimum atomic E-state index is -0.279. The Morgan fingerprint density at radius 2 is 2.05 bits per heavy atom. The Kier molecular flexibility index (Phi) is 5.86.